The van der Waals surface area contributed by atoms with Crippen molar-refractivity contribution < 1.29 is 14.3 Å². The first-order chi connectivity index (χ1) is 14.5. The highest BCUT2D eigenvalue weighted by Crippen LogP contribution is 2.38. The van der Waals surface area contributed by atoms with Crippen LogP contribution in [0.5, 0.6) is 11.5 Å². The molecular weight excluding hydrogens is 422 g/mol. The number of amides is 1. The summed E-state index contributed by atoms with van der Waals surface area (Å²) in [4.78, 5) is 14.8. The number of nitrogens with one attached hydrogen (secondary N) is 2. The molecule has 160 valence electrons. The van der Waals surface area contributed by atoms with E-state index in [0.29, 0.717) is 33.7 Å². The van der Waals surface area contributed by atoms with Crippen LogP contribution in [0.25, 0.3) is 0 Å². The quantitative estimate of drug-likeness (QED) is 0.660. The Hall–Kier alpha value is -2.51. The van der Waals surface area contributed by atoms with E-state index in [2.05, 4.69) is 15.5 Å². The number of ether oxygens (including phenoxy) is 2. The van der Waals surface area contributed by atoms with Crippen LogP contribution in [-0.2, 0) is 6.42 Å². The lowest BCUT2D eigenvalue weighted by Gasteiger charge is -2.39. The molecule has 0 bridgehead atoms. The molecule has 0 radical (unpaired) electrons. The van der Waals surface area contributed by atoms with Crippen LogP contribution in [0.4, 0.5) is 0 Å². The Morgan fingerprint density at radius 1 is 1.20 bits per heavy atom. The Labute approximate surface area is 187 Å². The second-order valence-electron chi connectivity index (χ2n) is 6.89. The Morgan fingerprint density at radius 2 is 1.90 bits per heavy atom. The second-order valence-corrected chi connectivity index (χ2v) is 7.68. The first kappa shape index (κ1) is 22.2. The van der Waals surface area contributed by atoms with E-state index in [4.69, 9.17) is 33.3 Å². The van der Waals surface area contributed by atoms with Crippen molar-refractivity contribution in [2.75, 3.05) is 33.9 Å². The van der Waals surface area contributed by atoms with Crippen molar-refractivity contribution in [3.63, 3.8) is 0 Å². The highest BCUT2D eigenvalue weighted by molar-refractivity contribution is 7.80. The summed E-state index contributed by atoms with van der Waals surface area (Å²) in [6.45, 7) is 3.85. The minimum absolute atomic E-state index is 0.147. The molecule has 2 aromatic carbocycles. The molecule has 0 spiro atoms. The van der Waals surface area contributed by atoms with Gasteiger partial charge in [0.2, 0.25) is 0 Å². The number of hydrogen-bond acceptors (Lipinski definition) is 4. The lowest BCUT2D eigenvalue weighted by atomic mass is 9.92. The monoisotopic (exact) mass is 447 g/mol. The van der Waals surface area contributed by atoms with Gasteiger partial charge in [-0.15, -0.1) is 0 Å². The van der Waals surface area contributed by atoms with Crippen LogP contribution in [0.2, 0.25) is 5.02 Å². The number of benzene rings is 2. The summed E-state index contributed by atoms with van der Waals surface area (Å²) < 4.78 is 11.0. The molecule has 0 fully saturated rings. The fraction of sp³-hybridized carbons (Fsp3) is 0.364. The minimum atomic E-state index is -0.220. The maximum absolute atomic E-state index is 12.7. The van der Waals surface area contributed by atoms with Gasteiger partial charge in [0.25, 0.3) is 5.91 Å². The number of thiocarbonyl (C=S) groups is 1. The highest BCUT2D eigenvalue weighted by Gasteiger charge is 2.31. The number of hydrogen-bond donors (Lipinski definition) is 2. The third-order valence-corrected chi connectivity index (χ3v) is 5.87. The number of nitrogens with zero attached hydrogens (tertiary/aromatic N) is 1. The van der Waals surface area contributed by atoms with Crippen molar-refractivity contribution in [1.82, 2.24) is 15.5 Å². The van der Waals surface area contributed by atoms with Crippen molar-refractivity contribution in [3.8, 4) is 11.5 Å². The maximum Gasteiger partial charge on any atom is 0.252 e. The Kier molecular flexibility index (Phi) is 7.39. The van der Waals surface area contributed by atoms with Crippen LogP contribution in [0.3, 0.4) is 0 Å². The molecule has 1 atom stereocenters. The zero-order chi connectivity index (χ0) is 21.7. The molecule has 1 unspecified atom stereocenters. The number of fused-ring (bicyclic) bond motifs is 1. The molecule has 2 aromatic rings. The average molecular weight is 448 g/mol. The Morgan fingerprint density at radius 3 is 2.57 bits per heavy atom. The molecule has 0 aliphatic carbocycles. The first-order valence-electron chi connectivity index (χ1n) is 9.82. The lowest BCUT2D eigenvalue weighted by molar-refractivity contribution is 0.0942. The van der Waals surface area contributed by atoms with Crippen LogP contribution in [0, 0.1) is 0 Å². The van der Waals surface area contributed by atoms with Crippen LogP contribution in [0.1, 0.15) is 34.5 Å². The number of rotatable bonds is 6. The van der Waals surface area contributed by atoms with Crippen molar-refractivity contribution in [3.05, 3.63) is 58.1 Å². The van der Waals surface area contributed by atoms with Gasteiger partial charge in [-0.05, 0) is 61.0 Å². The zero-order valence-electron chi connectivity index (χ0n) is 17.3. The fourth-order valence-corrected chi connectivity index (χ4v) is 4.26. The number of carbonyl (C=O) groups excluding carboxylic acids is 1. The van der Waals surface area contributed by atoms with Gasteiger partial charge in [0.15, 0.2) is 16.6 Å². The lowest BCUT2D eigenvalue weighted by Crippen LogP contribution is -2.49. The van der Waals surface area contributed by atoms with Gasteiger partial charge in [-0.25, -0.2) is 0 Å². The second kappa shape index (κ2) is 10.00. The van der Waals surface area contributed by atoms with Gasteiger partial charge in [-0.3, -0.25) is 4.79 Å². The minimum Gasteiger partial charge on any atom is -0.493 e. The topological polar surface area (TPSA) is 62.8 Å². The van der Waals surface area contributed by atoms with Crippen LogP contribution >= 0.6 is 23.8 Å². The predicted molar refractivity (Wildman–Crippen MR) is 123 cm³/mol. The molecular formula is C22H26ClN3O3S. The summed E-state index contributed by atoms with van der Waals surface area (Å²) >= 11 is 11.8. The van der Waals surface area contributed by atoms with Crippen LogP contribution < -0.4 is 20.1 Å². The molecule has 6 nitrogen and oxygen atoms in total. The van der Waals surface area contributed by atoms with E-state index in [1.54, 1.807) is 38.5 Å². The van der Waals surface area contributed by atoms with Gasteiger partial charge in [0, 0.05) is 19.6 Å². The molecule has 0 saturated heterocycles. The van der Waals surface area contributed by atoms with E-state index in [9.17, 15) is 4.79 Å². The highest BCUT2D eigenvalue weighted by atomic mass is 35.5. The normalized spacial score (nSPS) is 15.2. The SMILES string of the molecule is CCNC(=S)N1CCc2cc(OC)c(OC)cc2C1CNC(=O)c1ccccc1Cl. The molecule has 8 heteroatoms. The number of carbonyl (C=O) groups is 1. The fourth-order valence-electron chi connectivity index (χ4n) is 3.67. The van der Waals surface area contributed by atoms with Crippen LogP contribution in [-0.4, -0.2) is 49.8 Å². The van der Waals surface area contributed by atoms with E-state index < -0.39 is 0 Å². The van der Waals surface area contributed by atoms with Crippen molar-refractivity contribution >= 4 is 34.8 Å². The Balaban J connectivity index is 1.91. The summed E-state index contributed by atoms with van der Waals surface area (Å²) in [5.74, 6) is 1.12. The smallest absolute Gasteiger partial charge is 0.252 e. The molecule has 30 heavy (non-hydrogen) atoms. The summed E-state index contributed by atoms with van der Waals surface area (Å²) in [6, 6.07) is 10.8. The molecule has 1 aliphatic heterocycles. The third-order valence-electron chi connectivity index (χ3n) is 5.17. The van der Waals surface area contributed by atoms with Crippen molar-refractivity contribution in [2.45, 2.75) is 19.4 Å². The summed E-state index contributed by atoms with van der Waals surface area (Å²) in [5.41, 5.74) is 2.65. The molecule has 1 aliphatic rings. The van der Waals surface area contributed by atoms with Gasteiger partial charge in [-0.2, -0.15) is 0 Å². The standard InChI is InChI=1S/C22H26ClN3O3S/c1-4-24-22(30)26-10-9-14-11-19(28-2)20(29-3)12-16(14)18(26)13-25-21(27)15-7-5-6-8-17(15)23/h5-8,11-12,18H,4,9-10,13H2,1-3H3,(H,24,30)(H,25,27). The Bertz CT molecular complexity index is 938. The van der Waals surface area contributed by atoms with Crippen LogP contribution in [0.15, 0.2) is 36.4 Å². The molecule has 0 aromatic heterocycles. The third kappa shape index (κ3) is 4.63. The van der Waals surface area contributed by atoms with E-state index in [1.165, 1.54) is 0 Å². The van der Waals surface area contributed by atoms with Gasteiger partial charge >= 0.3 is 0 Å². The van der Waals surface area contributed by atoms with Gasteiger partial charge in [-0.1, -0.05) is 23.7 Å². The van der Waals surface area contributed by atoms with Crippen molar-refractivity contribution in [2.24, 2.45) is 0 Å². The number of methoxy groups -OCH3 is 2. The molecule has 0 saturated carbocycles. The van der Waals surface area contributed by atoms with Gasteiger partial charge in [0.1, 0.15) is 0 Å². The van der Waals surface area contributed by atoms with Gasteiger partial charge < -0.3 is 25.0 Å². The number of halogens is 1. The van der Waals surface area contributed by atoms with E-state index in [1.807, 2.05) is 19.1 Å². The van der Waals surface area contributed by atoms with E-state index in [-0.39, 0.29) is 11.9 Å². The largest absolute Gasteiger partial charge is 0.493 e. The van der Waals surface area contributed by atoms with Gasteiger partial charge in [0.05, 0.1) is 30.8 Å². The average Bonchev–Trinajstić information content (AvgIpc) is 2.76. The summed E-state index contributed by atoms with van der Waals surface area (Å²) in [7, 11) is 3.24. The summed E-state index contributed by atoms with van der Waals surface area (Å²) in [6.07, 6.45) is 0.816. The molecule has 2 N–H and O–H groups in total. The first-order valence-corrected chi connectivity index (χ1v) is 10.6. The zero-order valence-corrected chi connectivity index (χ0v) is 18.9. The summed E-state index contributed by atoms with van der Waals surface area (Å²) in [5, 5.41) is 7.33. The molecule has 1 amide bonds. The molecule has 1 heterocycles. The van der Waals surface area contributed by atoms with Crippen molar-refractivity contribution in [1.29, 1.82) is 0 Å². The van der Waals surface area contributed by atoms with E-state index >= 15 is 0 Å². The predicted octanol–water partition coefficient (Wildman–Crippen LogP) is 3.58. The molecule has 3 rings (SSSR count). The maximum atomic E-state index is 12.7. The van der Waals surface area contributed by atoms with E-state index in [0.717, 1.165) is 30.6 Å².